The molecule has 6 nitrogen and oxygen atoms in total. The SMILES string of the molecule is COc1ccc(N[C@@H]2CCCN(C(=O)CCN3CCCO3)C2)cc1. The molecule has 1 N–H and O–H groups in total. The predicted octanol–water partition coefficient (Wildman–Crippen LogP) is 2.13. The van der Waals surface area contributed by atoms with E-state index in [0.29, 0.717) is 19.0 Å². The molecule has 2 fully saturated rings. The smallest absolute Gasteiger partial charge is 0.224 e. The Balaban J connectivity index is 1.46. The van der Waals surface area contributed by atoms with Gasteiger partial charge < -0.3 is 15.0 Å². The van der Waals surface area contributed by atoms with Crippen LogP contribution in [0.25, 0.3) is 0 Å². The number of likely N-dealkylation sites (tertiary alicyclic amines) is 1. The molecule has 0 spiro atoms. The van der Waals surface area contributed by atoms with Crippen LogP contribution in [-0.2, 0) is 9.63 Å². The summed E-state index contributed by atoms with van der Waals surface area (Å²) >= 11 is 0. The zero-order valence-corrected chi connectivity index (χ0v) is 14.4. The van der Waals surface area contributed by atoms with Gasteiger partial charge in [-0.15, -0.1) is 0 Å². The summed E-state index contributed by atoms with van der Waals surface area (Å²) in [4.78, 5) is 19.9. The molecular weight excluding hydrogens is 306 g/mol. The molecule has 2 saturated heterocycles. The second-order valence-corrected chi connectivity index (χ2v) is 6.42. The molecule has 0 bridgehead atoms. The van der Waals surface area contributed by atoms with Gasteiger partial charge in [0, 0.05) is 44.3 Å². The van der Waals surface area contributed by atoms with Crippen molar-refractivity contribution in [3.05, 3.63) is 24.3 Å². The number of carbonyl (C=O) groups is 1. The molecule has 0 aliphatic carbocycles. The number of nitrogens with one attached hydrogen (secondary N) is 1. The van der Waals surface area contributed by atoms with Gasteiger partial charge in [0.2, 0.25) is 5.91 Å². The van der Waals surface area contributed by atoms with Gasteiger partial charge in [0.25, 0.3) is 0 Å². The van der Waals surface area contributed by atoms with Crippen LogP contribution in [0.4, 0.5) is 5.69 Å². The van der Waals surface area contributed by atoms with E-state index in [1.54, 1.807) is 7.11 Å². The number of nitrogens with zero attached hydrogens (tertiary/aromatic N) is 2. The number of ether oxygens (including phenoxy) is 1. The molecule has 1 aromatic carbocycles. The molecule has 2 heterocycles. The minimum Gasteiger partial charge on any atom is -0.497 e. The molecule has 2 aliphatic rings. The van der Waals surface area contributed by atoms with Crippen molar-refractivity contribution in [3.8, 4) is 5.75 Å². The van der Waals surface area contributed by atoms with Gasteiger partial charge in [-0.2, -0.15) is 5.06 Å². The Morgan fingerprint density at radius 1 is 1.29 bits per heavy atom. The highest BCUT2D eigenvalue weighted by Crippen LogP contribution is 2.19. The second-order valence-electron chi connectivity index (χ2n) is 6.42. The first-order chi connectivity index (χ1) is 11.7. The van der Waals surface area contributed by atoms with Crippen LogP contribution < -0.4 is 10.1 Å². The predicted molar refractivity (Wildman–Crippen MR) is 93.0 cm³/mol. The van der Waals surface area contributed by atoms with Crippen LogP contribution >= 0.6 is 0 Å². The van der Waals surface area contributed by atoms with E-state index in [4.69, 9.17) is 9.57 Å². The van der Waals surface area contributed by atoms with Gasteiger partial charge in [-0.1, -0.05) is 0 Å². The van der Waals surface area contributed by atoms with Crippen LogP contribution in [0.2, 0.25) is 0 Å². The number of amides is 1. The lowest BCUT2D eigenvalue weighted by Gasteiger charge is -2.34. The van der Waals surface area contributed by atoms with Crippen molar-refractivity contribution >= 4 is 11.6 Å². The zero-order chi connectivity index (χ0) is 16.8. The van der Waals surface area contributed by atoms with Crippen molar-refractivity contribution in [3.63, 3.8) is 0 Å². The summed E-state index contributed by atoms with van der Waals surface area (Å²) in [6.07, 6.45) is 3.73. The fourth-order valence-corrected chi connectivity index (χ4v) is 3.30. The topological polar surface area (TPSA) is 54.0 Å². The van der Waals surface area contributed by atoms with Crippen LogP contribution in [0, 0.1) is 0 Å². The molecule has 1 amide bonds. The number of methoxy groups -OCH3 is 1. The third-order valence-corrected chi connectivity index (χ3v) is 4.64. The largest absolute Gasteiger partial charge is 0.497 e. The molecular formula is C18H27N3O3. The third kappa shape index (κ3) is 4.61. The van der Waals surface area contributed by atoms with E-state index >= 15 is 0 Å². The van der Waals surface area contributed by atoms with Crippen LogP contribution in [0.1, 0.15) is 25.7 Å². The van der Waals surface area contributed by atoms with Gasteiger partial charge in [0.15, 0.2) is 0 Å². The minimum absolute atomic E-state index is 0.228. The lowest BCUT2D eigenvalue weighted by atomic mass is 10.0. The number of anilines is 1. The molecule has 0 saturated carbocycles. The van der Waals surface area contributed by atoms with Gasteiger partial charge in [0.05, 0.1) is 13.7 Å². The highest BCUT2D eigenvalue weighted by Gasteiger charge is 2.24. The van der Waals surface area contributed by atoms with E-state index in [1.807, 2.05) is 34.2 Å². The summed E-state index contributed by atoms with van der Waals surface area (Å²) in [5.74, 6) is 1.08. The molecule has 1 atom stereocenters. The summed E-state index contributed by atoms with van der Waals surface area (Å²) in [6, 6.07) is 8.24. The number of benzene rings is 1. The van der Waals surface area contributed by atoms with Crippen LogP contribution in [0.3, 0.4) is 0 Å². The molecule has 0 radical (unpaired) electrons. The van der Waals surface area contributed by atoms with Crippen molar-refractivity contribution in [1.29, 1.82) is 0 Å². The third-order valence-electron chi connectivity index (χ3n) is 4.64. The average molecular weight is 333 g/mol. The van der Waals surface area contributed by atoms with Gasteiger partial charge in [-0.25, -0.2) is 0 Å². The molecule has 24 heavy (non-hydrogen) atoms. The van der Waals surface area contributed by atoms with E-state index in [1.165, 1.54) is 0 Å². The van der Waals surface area contributed by atoms with Crippen molar-refractivity contribution in [2.45, 2.75) is 31.7 Å². The Labute approximate surface area is 143 Å². The van der Waals surface area contributed by atoms with Gasteiger partial charge in [-0.05, 0) is 43.5 Å². The Hall–Kier alpha value is -1.79. The number of piperidine rings is 1. The van der Waals surface area contributed by atoms with E-state index in [-0.39, 0.29) is 5.91 Å². The molecule has 6 heteroatoms. The van der Waals surface area contributed by atoms with Gasteiger partial charge in [0.1, 0.15) is 5.75 Å². The number of carbonyl (C=O) groups excluding carboxylic acids is 1. The molecule has 2 aliphatic heterocycles. The molecule has 3 rings (SSSR count). The number of hydrogen-bond donors (Lipinski definition) is 1. The zero-order valence-electron chi connectivity index (χ0n) is 14.4. The Kier molecular flexibility index (Phi) is 5.93. The molecule has 0 aromatic heterocycles. The monoisotopic (exact) mass is 333 g/mol. The summed E-state index contributed by atoms with van der Waals surface area (Å²) in [5.41, 5.74) is 1.07. The standard InChI is InChI=1S/C18H27N3O3/c1-23-17-7-5-15(6-8-17)19-16-4-2-10-20(14-16)18(22)9-12-21-11-3-13-24-21/h5-8,16,19H,2-4,9-14H2,1H3/t16-/m1/s1. The fourth-order valence-electron chi connectivity index (χ4n) is 3.30. The van der Waals surface area contributed by atoms with E-state index in [0.717, 1.165) is 56.9 Å². The van der Waals surface area contributed by atoms with Gasteiger partial charge in [-0.3, -0.25) is 9.63 Å². The molecule has 132 valence electrons. The van der Waals surface area contributed by atoms with Crippen molar-refractivity contribution in [2.75, 3.05) is 45.2 Å². The fraction of sp³-hybridized carbons (Fsp3) is 0.611. The molecule has 0 unspecified atom stereocenters. The number of hydrogen-bond acceptors (Lipinski definition) is 5. The van der Waals surface area contributed by atoms with Crippen molar-refractivity contribution in [2.24, 2.45) is 0 Å². The Morgan fingerprint density at radius 3 is 2.83 bits per heavy atom. The van der Waals surface area contributed by atoms with Crippen molar-refractivity contribution in [1.82, 2.24) is 9.96 Å². The van der Waals surface area contributed by atoms with Gasteiger partial charge >= 0.3 is 0 Å². The van der Waals surface area contributed by atoms with Crippen LogP contribution in [0.5, 0.6) is 5.75 Å². The molecule has 1 aromatic rings. The summed E-state index contributed by atoms with van der Waals surface area (Å²) in [7, 11) is 1.67. The van der Waals surface area contributed by atoms with Crippen molar-refractivity contribution < 1.29 is 14.4 Å². The first kappa shape index (κ1) is 17.0. The average Bonchev–Trinajstić information content (AvgIpc) is 3.14. The minimum atomic E-state index is 0.228. The maximum absolute atomic E-state index is 12.4. The Morgan fingerprint density at radius 2 is 2.12 bits per heavy atom. The van der Waals surface area contributed by atoms with E-state index < -0.39 is 0 Å². The first-order valence-corrected chi connectivity index (χ1v) is 8.81. The highest BCUT2D eigenvalue weighted by atomic mass is 16.7. The Bertz CT molecular complexity index is 529. The maximum atomic E-state index is 12.4. The number of hydroxylamine groups is 2. The lowest BCUT2D eigenvalue weighted by molar-refractivity contribution is -0.139. The summed E-state index contributed by atoms with van der Waals surface area (Å²) in [5, 5.41) is 5.44. The quantitative estimate of drug-likeness (QED) is 0.864. The second kappa shape index (κ2) is 8.35. The normalized spacial score (nSPS) is 21.7. The van der Waals surface area contributed by atoms with E-state index in [2.05, 4.69) is 5.32 Å². The summed E-state index contributed by atoms with van der Waals surface area (Å²) in [6.45, 7) is 4.05. The number of rotatable bonds is 6. The lowest BCUT2D eigenvalue weighted by Crippen LogP contribution is -2.45. The summed E-state index contributed by atoms with van der Waals surface area (Å²) < 4.78 is 5.18. The maximum Gasteiger partial charge on any atom is 0.224 e. The van der Waals surface area contributed by atoms with Crippen LogP contribution in [0.15, 0.2) is 24.3 Å². The first-order valence-electron chi connectivity index (χ1n) is 8.81. The highest BCUT2D eigenvalue weighted by molar-refractivity contribution is 5.76. The van der Waals surface area contributed by atoms with Crippen LogP contribution in [-0.4, -0.2) is 61.8 Å². The van der Waals surface area contributed by atoms with E-state index in [9.17, 15) is 4.79 Å².